The van der Waals surface area contributed by atoms with E-state index in [1.165, 1.54) is 25.3 Å². The van der Waals surface area contributed by atoms with Crippen LogP contribution in [0, 0.1) is 10.1 Å². The van der Waals surface area contributed by atoms with E-state index < -0.39 is 22.6 Å². The van der Waals surface area contributed by atoms with E-state index in [9.17, 15) is 19.7 Å². The Morgan fingerprint density at radius 1 is 1.33 bits per heavy atom. The summed E-state index contributed by atoms with van der Waals surface area (Å²) < 4.78 is 9.60. The summed E-state index contributed by atoms with van der Waals surface area (Å²) in [6.45, 7) is 5.38. The molecule has 1 rings (SSSR count). The fourth-order valence-corrected chi connectivity index (χ4v) is 1.73. The third kappa shape index (κ3) is 6.07. The van der Waals surface area contributed by atoms with Gasteiger partial charge in [-0.25, -0.2) is 9.59 Å². The van der Waals surface area contributed by atoms with Crippen molar-refractivity contribution in [1.82, 2.24) is 5.32 Å². The third-order valence-electron chi connectivity index (χ3n) is 2.71. The molecule has 0 fully saturated rings. The van der Waals surface area contributed by atoms with Crippen LogP contribution in [-0.4, -0.2) is 36.2 Å². The second-order valence-electron chi connectivity index (χ2n) is 5.81. The molecule has 0 unspecified atom stereocenters. The van der Waals surface area contributed by atoms with Gasteiger partial charge >= 0.3 is 12.1 Å². The van der Waals surface area contributed by atoms with Crippen LogP contribution in [-0.2, 0) is 9.47 Å². The van der Waals surface area contributed by atoms with Crippen molar-refractivity contribution in [2.24, 2.45) is 0 Å². The van der Waals surface area contributed by atoms with E-state index in [4.69, 9.17) is 4.74 Å². The highest BCUT2D eigenvalue weighted by atomic mass is 16.6. The number of amides is 1. The number of carbonyl (C=O) groups excluding carboxylic acids is 2. The van der Waals surface area contributed by atoms with Crippen LogP contribution in [0.1, 0.15) is 36.7 Å². The van der Waals surface area contributed by atoms with Gasteiger partial charge in [0.05, 0.1) is 23.2 Å². The lowest BCUT2D eigenvalue weighted by Crippen LogP contribution is -2.32. The van der Waals surface area contributed by atoms with E-state index in [-0.39, 0.29) is 17.8 Å². The van der Waals surface area contributed by atoms with Crippen LogP contribution in [0.5, 0.6) is 0 Å². The van der Waals surface area contributed by atoms with E-state index >= 15 is 0 Å². The van der Waals surface area contributed by atoms with Crippen LogP contribution < -0.4 is 5.32 Å². The largest absolute Gasteiger partial charge is 0.465 e. The van der Waals surface area contributed by atoms with E-state index in [1.54, 1.807) is 26.8 Å². The van der Waals surface area contributed by atoms with Crippen molar-refractivity contribution in [3.63, 3.8) is 0 Å². The number of methoxy groups -OCH3 is 1. The molecule has 1 amide bonds. The Labute approximate surface area is 139 Å². The molecule has 24 heavy (non-hydrogen) atoms. The predicted molar refractivity (Wildman–Crippen MR) is 87.7 cm³/mol. The lowest BCUT2D eigenvalue weighted by molar-refractivity contribution is -0.385. The van der Waals surface area contributed by atoms with Gasteiger partial charge in [0, 0.05) is 12.6 Å². The molecule has 0 aliphatic rings. The Kier molecular flexibility index (Phi) is 6.46. The van der Waals surface area contributed by atoms with Crippen molar-refractivity contribution in [3.05, 3.63) is 45.5 Å². The molecule has 130 valence electrons. The SMILES string of the molecule is COC(=O)c1ccc(C=CCNC(=O)OC(C)(C)C)c([N+](=O)[O-])c1. The Morgan fingerprint density at radius 3 is 2.54 bits per heavy atom. The number of ether oxygens (including phenoxy) is 2. The third-order valence-corrected chi connectivity index (χ3v) is 2.71. The summed E-state index contributed by atoms with van der Waals surface area (Å²) in [7, 11) is 1.20. The molecule has 1 aromatic carbocycles. The molecule has 0 saturated carbocycles. The molecule has 1 N–H and O–H groups in total. The minimum absolute atomic E-state index is 0.0910. The average Bonchev–Trinajstić information content (AvgIpc) is 2.49. The number of nitrogens with one attached hydrogen (secondary N) is 1. The van der Waals surface area contributed by atoms with Gasteiger partial charge in [-0.1, -0.05) is 12.2 Å². The Balaban J connectivity index is 2.78. The van der Waals surface area contributed by atoms with Gasteiger partial charge < -0.3 is 14.8 Å². The number of rotatable bonds is 5. The van der Waals surface area contributed by atoms with Crippen molar-refractivity contribution in [3.8, 4) is 0 Å². The molecular weight excluding hydrogens is 316 g/mol. The first-order chi connectivity index (χ1) is 11.1. The van der Waals surface area contributed by atoms with E-state index in [0.717, 1.165) is 6.07 Å². The zero-order valence-electron chi connectivity index (χ0n) is 14.0. The maximum Gasteiger partial charge on any atom is 0.407 e. The molecule has 0 radical (unpaired) electrons. The monoisotopic (exact) mass is 336 g/mol. The minimum Gasteiger partial charge on any atom is -0.465 e. The fourth-order valence-electron chi connectivity index (χ4n) is 1.73. The van der Waals surface area contributed by atoms with Gasteiger partial charge in [-0.2, -0.15) is 0 Å². The molecular formula is C16H20N2O6. The number of hydrogen-bond donors (Lipinski definition) is 1. The second kappa shape index (κ2) is 8.09. The lowest BCUT2D eigenvalue weighted by atomic mass is 10.1. The molecule has 0 aliphatic heterocycles. The van der Waals surface area contributed by atoms with Crippen LogP contribution in [0.3, 0.4) is 0 Å². The zero-order chi connectivity index (χ0) is 18.3. The van der Waals surface area contributed by atoms with Crippen LogP contribution in [0.15, 0.2) is 24.3 Å². The van der Waals surface area contributed by atoms with E-state index in [0.29, 0.717) is 5.56 Å². The number of carbonyl (C=O) groups is 2. The number of alkyl carbamates (subject to hydrolysis) is 1. The van der Waals surface area contributed by atoms with Crippen LogP contribution in [0.2, 0.25) is 0 Å². The van der Waals surface area contributed by atoms with Gasteiger partial charge in [-0.15, -0.1) is 0 Å². The lowest BCUT2D eigenvalue weighted by Gasteiger charge is -2.19. The first-order valence-electron chi connectivity index (χ1n) is 7.14. The minimum atomic E-state index is -0.653. The van der Waals surface area contributed by atoms with Gasteiger partial charge in [-0.3, -0.25) is 10.1 Å². The molecule has 0 aliphatic carbocycles. The number of hydrogen-bond acceptors (Lipinski definition) is 6. The first-order valence-corrected chi connectivity index (χ1v) is 7.14. The summed E-state index contributed by atoms with van der Waals surface area (Å²) in [5, 5.41) is 13.6. The molecule has 0 heterocycles. The molecule has 0 spiro atoms. The number of nitrogens with zero attached hydrogens (tertiary/aromatic N) is 1. The maximum atomic E-state index is 11.5. The van der Waals surface area contributed by atoms with Crippen molar-refractivity contribution in [1.29, 1.82) is 0 Å². The normalized spacial score (nSPS) is 11.2. The predicted octanol–water partition coefficient (Wildman–Crippen LogP) is 2.92. The molecule has 0 bridgehead atoms. The maximum absolute atomic E-state index is 11.5. The molecule has 0 aromatic heterocycles. The van der Waals surface area contributed by atoms with Gasteiger partial charge in [0.1, 0.15) is 5.60 Å². The highest BCUT2D eigenvalue weighted by Crippen LogP contribution is 2.22. The summed E-state index contributed by atoms with van der Waals surface area (Å²) in [6, 6.07) is 4.01. The average molecular weight is 336 g/mol. The van der Waals surface area contributed by atoms with Crippen molar-refractivity contribution in [2.75, 3.05) is 13.7 Å². The zero-order valence-corrected chi connectivity index (χ0v) is 14.0. The van der Waals surface area contributed by atoms with Crippen LogP contribution >= 0.6 is 0 Å². The summed E-state index contributed by atoms with van der Waals surface area (Å²) in [6.07, 6.45) is 2.45. The standard InChI is InChI=1S/C16H20N2O6/c1-16(2,3)24-15(20)17-9-5-6-11-7-8-12(14(19)23-4)10-13(11)18(21)22/h5-8,10H,9H2,1-4H3,(H,17,20). The van der Waals surface area contributed by atoms with Crippen LogP contribution in [0.4, 0.5) is 10.5 Å². The second-order valence-corrected chi connectivity index (χ2v) is 5.81. The summed E-state index contributed by atoms with van der Waals surface area (Å²) in [5.74, 6) is -0.653. The number of nitro groups is 1. The molecule has 8 heteroatoms. The summed E-state index contributed by atoms with van der Waals surface area (Å²) in [4.78, 5) is 33.4. The van der Waals surface area contributed by atoms with Crippen molar-refractivity contribution >= 4 is 23.8 Å². The first kappa shape index (κ1) is 19.1. The Hall–Kier alpha value is -2.90. The van der Waals surface area contributed by atoms with Gasteiger partial charge in [0.25, 0.3) is 5.69 Å². The number of esters is 1. The van der Waals surface area contributed by atoms with Crippen molar-refractivity contribution < 1.29 is 24.0 Å². The van der Waals surface area contributed by atoms with Gasteiger partial charge in [0.15, 0.2) is 0 Å². The van der Waals surface area contributed by atoms with Crippen molar-refractivity contribution in [2.45, 2.75) is 26.4 Å². The fraction of sp³-hybridized carbons (Fsp3) is 0.375. The van der Waals surface area contributed by atoms with E-state index in [2.05, 4.69) is 10.1 Å². The van der Waals surface area contributed by atoms with Gasteiger partial charge in [0.2, 0.25) is 0 Å². The molecule has 1 aromatic rings. The Morgan fingerprint density at radius 2 is 2.00 bits per heavy atom. The summed E-state index contributed by atoms with van der Waals surface area (Å²) >= 11 is 0. The molecule has 0 saturated heterocycles. The molecule has 8 nitrogen and oxygen atoms in total. The summed E-state index contributed by atoms with van der Waals surface area (Å²) in [5.41, 5.74) is -0.436. The highest BCUT2D eigenvalue weighted by Gasteiger charge is 2.17. The Bertz CT molecular complexity index is 661. The number of benzene rings is 1. The van der Waals surface area contributed by atoms with Gasteiger partial charge in [-0.05, 0) is 32.9 Å². The van der Waals surface area contributed by atoms with Crippen LogP contribution in [0.25, 0.3) is 6.08 Å². The topological polar surface area (TPSA) is 108 Å². The van der Waals surface area contributed by atoms with E-state index in [1.807, 2.05) is 0 Å². The highest BCUT2D eigenvalue weighted by molar-refractivity contribution is 5.90. The quantitative estimate of drug-likeness (QED) is 0.503. The smallest absolute Gasteiger partial charge is 0.407 e. The number of nitro benzene ring substituents is 1. The molecule has 0 atom stereocenters.